The quantitative estimate of drug-likeness (QED) is 0.780. The highest BCUT2D eigenvalue weighted by molar-refractivity contribution is 5.78. The summed E-state index contributed by atoms with van der Waals surface area (Å²) in [6, 6.07) is 13.0. The number of aliphatic hydroxyl groups is 1. The molecule has 0 amide bonds. The second kappa shape index (κ2) is 6.55. The molecule has 0 aliphatic heterocycles. The third-order valence-electron chi connectivity index (χ3n) is 4.52. The molecule has 2 aromatic carbocycles. The first-order valence-corrected chi connectivity index (χ1v) is 8.21. The molecule has 3 heteroatoms. The van der Waals surface area contributed by atoms with Crippen LogP contribution in [-0.2, 0) is 19.4 Å². The first-order valence-electron chi connectivity index (χ1n) is 8.21. The van der Waals surface area contributed by atoms with E-state index in [9.17, 15) is 5.11 Å². The maximum absolute atomic E-state index is 9.41. The van der Waals surface area contributed by atoms with Crippen molar-refractivity contribution in [3.63, 3.8) is 0 Å². The predicted molar refractivity (Wildman–Crippen MR) is 94.9 cm³/mol. The minimum atomic E-state index is 0.135. The van der Waals surface area contributed by atoms with E-state index < -0.39 is 0 Å². The second-order valence-electron chi connectivity index (χ2n) is 6.31. The van der Waals surface area contributed by atoms with Crippen molar-refractivity contribution in [2.75, 3.05) is 6.61 Å². The van der Waals surface area contributed by atoms with Gasteiger partial charge in [0.25, 0.3) is 0 Å². The number of fused-ring (bicyclic) bond motifs is 1. The zero-order valence-corrected chi connectivity index (χ0v) is 14.1. The molecule has 0 spiro atoms. The van der Waals surface area contributed by atoms with Crippen LogP contribution in [-0.4, -0.2) is 21.3 Å². The number of rotatable bonds is 5. The van der Waals surface area contributed by atoms with Gasteiger partial charge in [-0.05, 0) is 56.0 Å². The fraction of sp³-hybridized carbons (Fsp3) is 0.350. The van der Waals surface area contributed by atoms with E-state index in [1.54, 1.807) is 0 Å². The largest absolute Gasteiger partial charge is 0.395 e. The SMILES string of the molecule is Cc1ccc(CCc2nc3cc(C)c(C)cc3n2CCO)cc1. The monoisotopic (exact) mass is 308 g/mol. The smallest absolute Gasteiger partial charge is 0.110 e. The summed E-state index contributed by atoms with van der Waals surface area (Å²) in [6.07, 6.45) is 1.85. The Labute approximate surface area is 137 Å². The molecule has 0 aliphatic carbocycles. The molecule has 0 unspecified atom stereocenters. The topological polar surface area (TPSA) is 38.0 Å². The van der Waals surface area contributed by atoms with Crippen molar-refractivity contribution in [3.05, 3.63) is 64.5 Å². The van der Waals surface area contributed by atoms with Crippen molar-refractivity contribution in [1.82, 2.24) is 9.55 Å². The number of imidazole rings is 1. The van der Waals surface area contributed by atoms with Gasteiger partial charge in [-0.1, -0.05) is 29.8 Å². The molecule has 0 saturated heterocycles. The summed E-state index contributed by atoms with van der Waals surface area (Å²) in [4.78, 5) is 4.82. The molecule has 0 aliphatic rings. The Morgan fingerprint density at radius 1 is 0.957 bits per heavy atom. The summed E-state index contributed by atoms with van der Waals surface area (Å²) < 4.78 is 2.16. The minimum absolute atomic E-state index is 0.135. The average molecular weight is 308 g/mol. The van der Waals surface area contributed by atoms with Crippen LogP contribution in [0, 0.1) is 20.8 Å². The number of hydrogen-bond donors (Lipinski definition) is 1. The van der Waals surface area contributed by atoms with Gasteiger partial charge in [0.15, 0.2) is 0 Å². The highest BCUT2D eigenvalue weighted by atomic mass is 16.3. The first-order chi connectivity index (χ1) is 11.1. The van der Waals surface area contributed by atoms with Crippen LogP contribution in [0.15, 0.2) is 36.4 Å². The van der Waals surface area contributed by atoms with Gasteiger partial charge >= 0.3 is 0 Å². The molecule has 0 fully saturated rings. The molecule has 3 rings (SSSR count). The van der Waals surface area contributed by atoms with E-state index in [4.69, 9.17) is 4.98 Å². The highest BCUT2D eigenvalue weighted by Gasteiger charge is 2.12. The molecule has 0 atom stereocenters. The number of aliphatic hydroxyl groups excluding tert-OH is 1. The Hall–Kier alpha value is -2.13. The van der Waals surface area contributed by atoms with Crippen molar-refractivity contribution in [2.45, 2.75) is 40.2 Å². The lowest BCUT2D eigenvalue weighted by molar-refractivity contribution is 0.276. The maximum Gasteiger partial charge on any atom is 0.110 e. The van der Waals surface area contributed by atoms with Gasteiger partial charge in [-0.3, -0.25) is 0 Å². The van der Waals surface area contributed by atoms with Crippen LogP contribution in [0.25, 0.3) is 11.0 Å². The van der Waals surface area contributed by atoms with Crippen LogP contribution < -0.4 is 0 Å². The summed E-state index contributed by atoms with van der Waals surface area (Å²) in [5, 5.41) is 9.41. The normalized spacial score (nSPS) is 11.3. The van der Waals surface area contributed by atoms with Crippen LogP contribution in [0.4, 0.5) is 0 Å². The Morgan fingerprint density at radius 3 is 2.35 bits per heavy atom. The van der Waals surface area contributed by atoms with Gasteiger partial charge in [0.2, 0.25) is 0 Å². The number of aromatic nitrogens is 2. The third kappa shape index (κ3) is 3.30. The maximum atomic E-state index is 9.41. The fourth-order valence-corrected chi connectivity index (χ4v) is 2.98. The molecule has 1 N–H and O–H groups in total. The van der Waals surface area contributed by atoms with Gasteiger partial charge in [0, 0.05) is 13.0 Å². The number of hydrogen-bond acceptors (Lipinski definition) is 2. The first kappa shape index (κ1) is 15.8. The van der Waals surface area contributed by atoms with E-state index in [0.717, 1.165) is 29.7 Å². The van der Waals surface area contributed by atoms with Gasteiger partial charge in [-0.15, -0.1) is 0 Å². The van der Waals surface area contributed by atoms with Crippen molar-refractivity contribution in [1.29, 1.82) is 0 Å². The summed E-state index contributed by atoms with van der Waals surface area (Å²) in [5.74, 6) is 1.06. The van der Waals surface area contributed by atoms with Crippen LogP contribution in [0.2, 0.25) is 0 Å². The number of nitrogens with zero attached hydrogens (tertiary/aromatic N) is 2. The van der Waals surface area contributed by atoms with E-state index in [-0.39, 0.29) is 6.61 Å². The van der Waals surface area contributed by atoms with Crippen LogP contribution >= 0.6 is 0 Å². The molecule has 120 valence electrons. The van der Waals surface area contributed by atoms with Gasteiger partial charge in [0.05, 0.1) is 17.6 Å². The zero-order valence-electron chi connectivity index (χ0n) is 14.1. The van der Waals surface area contributed by atoms with Crippen LogP contribution in [0.1, 0.15) is 28.1 Å². The Bertz CT molecular complexity index is 816. The molecular formula is C20H24N2O. The van der Waals surface area contributed by atoms with E-state index >= 15 is 0 Å². The van der Waals surface area contributed by atoms with Crippen LogP contribution in [0.3, 0.4) is 0 Å². The third-order valence-corrected chi connectivity index (χ3v) is 4.52. The van der Waals surface area contributed by atoms with Gasteiger partial charge in [0.1, 0.15) is 5.82 Å². The Kier molecular flexibility index (Phi) is 4.49. The van der Waals surface area contributed by atoms with E-state index in [1.807, 2.05) is 0 Å². The summed E-state index contributed by atoms with van der Waals surface area (Å²) in [7, 11) is 0. The molecule has 0 bridgehead atoms. The van der Waals surface area contributed by atoms with E-state index in [0.29, 0.717) is 6.54 Å². The zero-order chi connectivity index (χ0) is 16.4. The lowest BCUT2D eigenvalue weighted by Crippen LogP contribution is -2.08. The van der Waals surface area contributed by atoms with Gasteiger partial charge in [-0.2, -0.15) is 0 Å². The summed E-state index contributed by atoms with van der Waals surface area (Å²) in [5.41, 5.74) is 7.29. The highest BCUT2D eigenvalue weighted by Crippen LogP contribution is 2.22. The number of benzene rings is 2. The second-order valence-corrected chi connectivity index (χ2v) is 6.31. The molecule has 3 aromatic rings. The lowest BCUT2D eigenvalue weighted by atomic mass is 10.1. The Balaban J connectivity index is 1.92. The van der Waals surface area contributed by atoms with E-state index in [1.165, 1.54) is 22.3 Å². The summed E-state index contributed by atoms with van der Waals surface area (Å²) in [6.45, 7) is 7.08. The fourth-order valence-electron chi connectivity index (χ4n) is 2.98. The average Bonchev–Trinajstić information content (AvgIpc) is 2.85. The van der Waals surface area contributed by atoms with Gasteiger partial charge < -0.3 is 9.67 Å². The van der Waals surface area contributed by atoms with Crippen molar-refractivity contribution < 1.29 is 5.11 Å². The predicted octanol–water partition coefficient (Wildman–Crippen LogP) is 3.74. The van der Waals surface area contributed by atoms with Crippen molar-refractivity contribution in [2.24, 2.45) is 0 Å². The molecule has 0 saturated carbocycles. The van der Waals surface area contributed by atoms with Crippen molar-refractivity contribution >= 4 is 11.0 Å². The molecule has 3 nitrogen and oxygen atoms in total. The lowest BCUT2D eigenvalue weighted by Gasteiger charge is -2.08. The van der Waals surface area contributed by atoms with E-state index in [2.05, 4.69) is 61.7 Å². The summed E-state index contributed by atoms with van der Waals surface area (Å²) >= 11 is 0. The minimum Gasteiger partial charge on any atom is -0.395 e. The number of aryl methyl sites for hydroxylation is 5. The molecular weight excluding hydrogens is 284 g/mol. The Morgan fingerprint density at radius 2 is 1.65 bits per heavy atom. The molecule has 1 aromatic heterocycles. The molecule has 0 radical (unpaired) electrons. The molecule has 23 heavy (non-hydrogen) atoms. The van der Waals surface area contributed by atoms with Crippen LogP contribution in [0.5, 0.6) is 0 Å². The van der Waals surface area contributed by atoms with Gasteiger partial charge in [-0.25, -0.2) is 4.98 Å². The molecule has 1 heterocycles. The van der Waals surface area contributed by atoms with Crippen molar-refractivity contribution in [3.8, 4) is 0 Å². The standard InChI is InChI=1S/C20H24N2O/c1-14-4-6-17(7-5-14)8-9-20-21-18-12-15(2)16(3)13-19(18)22(20)10-11-23/h4-7,12-13,23H,8-11H2,1-3H3.